The Hall–Kier alpha value is -2.69. The van der Waals surface area contributed by atoms with E-state index in [1.807, 2.05) is 45.0 Å². The van der Waals surface area contributed by atoms with Gasteiger partial charge in [-0.3, -0.25) is 9.59 Å². The molecule has 0 spiro atoms. The Morgan fingerprint density at radius 2 is 1.54 bits per heavy atom. The van der Waals surface area contributed by atoms with E-state index < -0.39 is 6.04 Å². The Morgan fingerprint density at radius 3 is 2.11 bits per heavy atom. The lowest BCUT2D eigenvalue weighted by molar-refractivity contribution is -0.140. The van der Waals surface area contributed by atoms with Crippen molar-refractivity contribution in [3.05, 3.63) is 71.0 Å². The Bertz CT molecular complexity index is 785. The lowest BCUT2D eigenvalue weighted by atomic mass is 10.1. The molecule has 4 nitrogen and oxygen atoms in total. The standard InChI is InChI=1S/C23H29FN2O2/c1-16(2)25-23(28)18(4)26(15-20-9-12-21(24)13-10-20)22(27)14-11-19-7-5-17(3)6-8-19/h5-10,12-13,16,18H,11,14-15H2,1-4H3,(H,25,28). The minimum absolute atomic E-state index is 0.00900. The molecule has 2 aromatic rings. The largest absolute Gasteiger partial charge is 0.352 e. The topological polar surface area (TPSA) is 49.4 Å². The zero-order valence-electron chi connectivity index (χ0n) is 17.0. The Labute approximate surface area is 166 Å². The molecule has 0 aliphatic rings. The lowest BCUT2D eigenvalue weighted by Crippen LogP contribution is -2.49. The molecule has 0 aliphatic carbocycles. The van der Waals surface area contributed by atoms with Crippen LogP contribution in [0.2, 0.25) is 0 Å². The summed E-state index contributed by atoms with van der Waals surface area (Å²) < 4.78 is 13.2. The van der Waals surface area contributed by atoms with Gasteiger partial charge in [-0.1, -0.05) is 42.0 Å². The van der Waals surface area contributed by atoms with Gasteiger partial charge in [0.25, 0.3) is 0 Å². The van der Waals surface area contributed by atoms with Gasteiger partial charge < -0.3 is 10.2 Å². The van der Waals surface area contributed by atoms with Gasteiger partial charge in [-0.25, -0.2) is 4.39 Å². The Balaban J connectivity index is 2.12. The maximum atomic E-state index is 13.2. The molecule has 0 aromatic heterocycles. The van der Waals surface area contributed by atoms with Gasteiger partial charge in [-0.15, -0.1) is 0 Å². The number of hydrogen-bond acceptors (Lipinski definition) is 2. The minimum Gasteiger partial charge on any atom is -0.352 e. The van der Waals surface area contributed by atoms with Crippen molar-refractivity contribution in [3.8, 4) is 0 Å². The first kappa shape index (κ1) is 21.6. The molecule has 0 aliphatic heterocycles. The molecule has 0 radical (unpaired) electrons. The molecule has 0 heterocycles. The molecular formula is C23H29FN2O2. The molecule has 1 atom stereocenters. The second-order valence-corrected chi connectivity index (χ2v) is 7.47. The van der Waals surface area contributed by atoms with Crippen LogP contribution < -0.4 is 5.32 Å². The highest BCUT2D eigenvalue weighted by Gasteiger charge is 2.26. The lowest BCUT2D eigenvalue weighted by Gasteiger charge is -2.29. The van der Waals surface area contributed by atoms with Crippen LogP contribution in [0.5, 0.6) is 0 Å². The number of nitrogens with zero attached hydrogens (tertiary/aromatic N) is 1. The highest BCUT2D eigenvalue weighted by atomic mass is 19.1. The van der Waals surface area contributed by atoms with Crippen LogP contribution in [0.3, 0.4) is 0 Å². The van der Waals surface area contributed by atoms with Crippen molar-refractivity contribution >= 4 is 11.8 Å². The Morgan fingerprint density at radius 1 is 0.964 bits per heavy atom. The van der Waals surface area contributed by atoms with Crippen molar-refractivity contribution < 1.29 is 14.0 Å². The average Bonchev–Trinajstić information content (AvgIpc) is 2.65. The third kappa shape index (κ3) is 6.48. The summed E-state index contributed by atoms with van der Waals surface area (Å²) in [6.07, 6.45) is 0.918. The summed E-state index contributed by atoms with van der Waals surface area (Å²) in [4.78, 5) is 27.0. The fraction of sp³-hybridized carbons (Fsp3) is 0.391. The van der Waals surface area contributed by atoms with Crippen molar-refractivity contribution in [1.82, 2.24) is 10.2 Å². The van der Waals surface area contributed by atoms with E-state index in [1.165, 1.54) is 17.7 Å². The third-order valence-electron chi connectivity index (χ3n) is 4.61. The van der Waals surface area contributed by atoms with Gasteiger partial charge in [0.15, 0.2) is 0 Å². The normalized spacial score (nSPS) is 11.9. The van der Waals surface area contributed by atoms with E-state index in [4.69, 9.17) is 0 Å². The number of benzene rings is 2. The number of aryl methyl sites for hydroxylation is 2. The summed E-state index contributed by atoms with van der Waals surface area (Å²) in [5, 5.41) is 2.86. The van der Waals surface area contributed by atoms with Crippen LogP contribution in [0, 0.1) is 12.7 Å². The van der Waals surface area contributed by atoms with Crippen LogP contribution >= 0.6 is 0 Å². The first-order chi connectivity index (χ1) is 13.3. The summed E-state index contributed by atoms with van der Waals surface area (Å²) in [7, 11) is 0. The van der Waals surface area contributed by atoms with Gasteiger partial charge in [0.2, 0.25) is 11.8 Å². The van der Waals surface area contributed by atoms with Gasteiger partial charge in [-0.05, 0) is 57.4 Å². The first-order valence-corrected chi connectivity index (χ1v) is 9.66. The predicted octanol–water partition coefficient (Wildman–Crippen LogP) is 4.01. The summed E-state index contributed by atoms with van der Waals surface area (Å²) in [6, 6.07) is 13.5. The van der Waals surface area contributed by atoms with Crippen molar-refractivity contribution in [1.29, 1.82) is 0 Å². The van der Waals surface area contributed by atoms with Crippen LogP contribution in [0.15, 0.2) is 48.5 Å². The molecule has 150 valence electrons. The summed E-state index contributed by atoms with van der Waals surface area (Å²) in [5.41, 5.74) is 3.04. The predicted molar refractivity (Wildman–Crippen MR) is 109 cm³/mol. The Kier molecular flexibility index (Phi) is 7.73. The second kappa shape index (κ2) is 10.0. The summed E-state index contributed by atoms with van der Waals surface area (Å²) >= 11 is 0. The van der Waals surface area contributed by atoms with Crippen LogP contribution in [-0.4, -0.2) is 28.8 Å². The highest BCUT2D eigenvalue weighted by Crippen LogP contribution is 2.14. The number of carbonyl (C=O) groups is 2. The number of amides is 2. The van der Waals surface area contributed by atoms with Crippen LogP contribution in [0.25, 0.3) is 0 Å². The maximum Gasteiger partial charge on any atom is 0.242 e. The first-order valence-electron chi connectivity index (χ1n) is 9.66. The van der Waals surface area contributed by atoms with E-state index in [9.17, 15) is 14.0 Å². The summed E-state index contributed by atoms with van der Waals surface area (Å²) in [6.45, 7) is 7.78. The van der Waals surface area contributed by atoms with Crippen LogP contribution in [0.4, 0.5) is 4.39 Å². The van der Waals surface area contributed by atoms with Crippen molar-refractivity contribution in [2.45, 2.75) is 59.2 Å². The molecule has 0 saturated carbocycles. The molecule has 28 heavy (non-hydrogen) atoms. The second-order valence-electron chi connectivity index (χ2n) is 7.47. The third-order valence-corrected chi connectivity index (χ3v) is 4.61. The zero-order valence-corrected chi connectivity index (χ0v) is 17.0. The van der Waals surface area contributed by atoms with E-state index in [0.717, 1.165) is 11.1 Å². The van der Waals surface area contributed by atoms with E-state index >= 15 is 0 Å². The number of hydrogen-bond donors (Lipinski definition) is 1. The fourth-order valence-electron chi connectivity index (χ4n) is 2.92. The van der Waals surface area contributed by atoms with Gasteiger partial charge in [0.1, 0.15) is 11.9 Å². The molecule has 2 aromatic carbocycles. The number of carbonyl (C=O) groups excluding carboxylic acids is 2. The molecule has 0 fully saturated rings. The molecular weight excluding hydrogens is 355 g/mol. The van der Waals surface area contributed by atoms with E-state index in [-0.39, 0.29) is 30.2 Å². The average molecular weight is 384 g/mol. The maximum absolute atomic E-state index is 13.2. The van der Waals surface area contributed by atoms with Gasteiger partial charge in [-0.2, -0.15) is 0 Å². The van der Waals surface area contributed by atoms with Crippen molar-refractivity contribution in [3.63, 3.8) is 0 Å². The SMILES string of the molecule is Cc1ccc(CCC(=O)N(Cc2ccc(F)cc2)C(C)C(=O)NC(C)C)cc1. The van der Waals surface area contributed by atoms with E-state index in [1.54, 1.807) is 24.0 Å². The smallest absolute Gasteiger partial charge is 0.242 e. The van der Waals surface area contributed by atoms with Gasteiger partial charge in [0, 0.05) is 19.0 Å². The van der Waals surface area contributed by atoms with Gasteiger partial charge in [0.05, 0.1) is 0 Å². The molecule has 0 saturated heterocycles. The fourth-order valence-corrected chi connectivity index (χ4v) is 2.92. The number of nitrogens with one attached hydrogen (secondary N) is 1. The monoisotopic (exact) mass is 384 g/mol. The van der Waals surface area contributed by atoms with Crippen molar-refractivity contribution in [2.75, 3.05) is 0 Å². The number of halogens is 1. The number of rotatable bonds is 8. The molecule has 5 heteroatoms. The molecule has 2 amide bonds. The molecule has 2 rings (SSSR count). The molecule has 0 bridgehead atoms. The van der Waals surface area contributed by atoms with Gasteiger partial charge >= 0.3 is 0 Å². The zero-order chi connectivity index (χ0) is 20.7. The van der Waals surface area contributed by atoms with Crippen molar-refractivity contribution in [2.24, 2.45) is 0 Å². The van der Waals surface area contributed by atoms with Crippen LogP contribution in [0.1, 0.15) is 43.9 Å². The van der Waals surface area contributed by atoms with E-state index in [2.05, 4.69) is 5.32 Å². The van der Waals surface area contributed by atoms with Crippen LogP contribution in [-0.2, 0) is 22.6 Å². The molecule has 1 N–H and O–H groups in total. The highest BCUT2D eigenvalue weighted by molar-refractivity contribution is 5.87. The minimum atomic E-state index is -0.613. The molecule has 1 unspecified atom stereocenters. The summed E-state index contributed by atoms with van der Waals surface area (Å²) in [5.74, 6) is -0.622. The van der Waals surface area contributed by atoms with E-state index in [0.29, 0.717) is 12.8 Å². The quantitative estimate of drug-likeness (QED) is 0.748.